The zero-order valence-electron chi connectivity index (χ0n) is 11.2. The molecule has 0 spiro atoms. The summed E-state index contributed by atoms with van der Waals surface area (Å²) in [5, 5.41) is 0. The summed E-state index contributed by atoms with van der Waals surface area (Å²) >= 11 is 0.487. The van der Waals surface area contributed by atoms with E-state index in [0.29, 0.717) is 14.5 Å². The number of aryl methyl sites for hydroxylation is 2. The number of hydrogen-bond donors (Lipinski definition) is 0. The van der Waals surface area contributed by atoms with Crippen LogP contribution >= 0.6 is 0 Å². The fourth-order valence-electron chi connectivity index (χ4n) is 2.21. The van der Waals surface area contributed by atoms with Crippen LogP contribution in [-0.2, 0) is 0 Å². The van der Waals surface area contributed by atoms with Gasteiger partial charge in [0.25, 0.3) is 0 Å². The van der Waals surface area contributed by atoms with E-state index in [4.69, 9.17) is 0 Å². The molecule has 3 aromatic rings. The Morgan fingerprint density at radius 1 is 0.579 bits per heavy atom. The van der Waals surface area contributed by atoms with Crippen LogP contribution in [0.15, 0.2) is 58.4 Å². The first-order chi connectivity index (χ1) is 9.24. The van der Waals surface area contributed by atoms with Gasteiger partial charge in [-0.3, -0.25) is 0 Å². The quantitative estimate of drug-likeness (QED) is 0.602. The number of hydrogen-bond acceptors (Lipinski definition) is 0. The Morgan fingerprint density at radius 3 is 1.32 bits per heavy atom. The zero-order valence-corrected chi connectivity index (χ0v) is 12.9. The summed E-state index contributed by atoms with van der Waals surface area (Å²) in [6, 6.07) is 17.7. The molecule has 0 radical (unpaired) electrons. The van der Waals surface area contributed by atoms with Crippen molar-refractivity contribution in [2.24, 2.45) is 0 Å². The van der Waals surface area contributed by atoms with E-state index in [2.05, 4.69) is 72.3 Å². The molecule has 19 heavy (non-hydrogen) atoms. The van der Waals surface area contributed by atoms with Gasteiger partial charge in [-0.25, -0.2) is 0 Å². The van der Waals surface area contributed by atoms with E-state index in [1.807, 2.05) is 0 Å². The van der Waals surface area contributed by atoms with Crippen LogP contribution in [0.5, 0.6) is 0 Å². The topological polar surface area (TPSA) is 0 Å². The minimum atomic E-state index is 0.487. The average molecular weight is 311 g/mol. The molecule has 0 amide bonds. The van der Waals surface area contributed by atoms with Gasteiger partial charge >= 0.3 is 120 Å². The van der Waals surface area contributed by atoms with Crippen molar-refractivity contribution in [2.45, 2.75) is 13.8 Å². The van der Waals surface area contributed by atoms with Crippen molar-refractivity contribution in [3.05, 3.63) is 69.5 Å². The summed E-state index contributed by atoms with van der Waals surface area (Å²) in [5.74, 6) is 0. The van der Waals surface area contributed by atoms with Gasteiger partial charge in [0.2, 0.25) is 0 Å². The van der Waals surface area contributed by atoms with Gasteiger partial charge in [-0.05, 0) is 0 Å². The average Bonchev–Trinajstić information content (AvgIpc) is 2.90. The van der Waals surface area contributed by atoms with E-state index >= 15 is 0 Å². The van der Waals surface area contributed by atoms with Gasteiger partial charge in [0, 0.05) is 0 Å². The minimum absolute atomic E-state index is 0.487. The van der Waals surface area contributed by atoms with Crippen molar-refractivity contribution in [2.75, 3.05) is 0 Å². The molecule has 94 valence electrons. The van der Waals surface area contributed by atoms with Crippen molar-refractivity contribution in [3.63, 3.8) is 0 Å². The summed E-state index contributed by atoms with van der Waals surface area (Å²) in [5.41, 5.74) is 8.07. The van der Waals surface area contributed by atoms with Crippen molar-refractivity contribution < 1.29 is 0 Å². The Balaban J connectivity index is 2.07. The van der Waals surface area contributed by atoms with E-state index in [1.165, 1.54) is 33.4 Å². The molecule has 0 aliphatic heterocycles. The maximum atomic E-state index is 2.38. The van der Waals surface area contributed by atoms with Crippen molar-refractivity contribution in [3.8, 4) is 22.3 Å². The van der Waals surface area contributed by atoms with Gasteiger partial charge in [0.15, 0.2) is 0 Å². The first-order valence-electron chi connectivity index (χ1n) is 6.44. The Bertz CT molecular complexity index is 612. The third kappa shape index (κ3) is 2.58. The van der Waals surface area contributed by atoms with Gasteiger partial charge in [-0.2, -0.15) is 0 Å². The zero-order chi connectivity index (χ0) is 13.2. The summed E-state index contributed by atoms with van der Waals surface area (Å²) < 4.78 is 0. The van der Waals surface area contributed by atoms with Crippen LogP contribution in [0.1, 0.15) is 11.1 Å². The Morgan fingerprint density at radius 2 is 0.947 bits per heavy atom. The SMILES string of the molecule is Cc1ccc(-c2c[se]cc2-c2ccc(C)cc2)cc1. The first-order valence-corrected chi connectivity index (χ1v) is 8.42. The molecule has 0 nitrogen and oxygen atoms in total. The van der Waals surface area contributed by atoms with E-state index in [1.54, 1.807) is 0 Å². The predicted octanol–water partition coefficient (Wildman–Crippen LogP) is 4.69. The van der Waals surface area contributed by atoms with Crippen LogP contribution in [0, 0.1) is 13.8 Å². The summed E-state index contributed by atoms with van der Waals surface area (Å²) in [7, 11) is 0. The van der Waals surface area contributed by atoms with Gasteiger partial charge in [-0.15, -0.1) is 0 Å². The molecule has 0 N–H and O–H groups in total. The molecule has 0 saturated heterocycles. The molecule has 0 aliphatic rings. The van der Waals surface area contributed by atoms with Crippen LogP contribution in [-0.4, -0.2) is 14.5 Å². The Kier molecular flexibility index (Phi) is 3.42. The molecule has 0 atom stereocenters. The predicted molar refractivity (Wildman–Crippen MR) is 83.7 cm³/mol. The van der Waals surface area contributed by atoms with E-state index in [-0.39, 0.29) is 0 Å². The van der Waals surface area contributed by atoms with Crippen LogP contribution in [0.25, 0.3) is 22.3 Å². The van der Waals surface area contributed by atoms with Crippen molar-refractivity contribution in [1.29, 1.82) is 0 Å². The fraction of sp³-hybridized carbons (Fsp3) is 0.111. The molecule has 0 unspecified atom stereocenters. The van der Waals surface area contributed by atoms with Crippen molar-refractivity contribution in [1.82, 2.24) is 0 Å². The molecule has 1 heterocycles. The first kappa shape index (κ1) is 12.5. The number of benzene rings is 2. The molecule has 0 fully saturated rings. The Hall–Kier alpha value is -1.56. The summed E-state index contributed by atoms with van der Waals surface area (Å²) in [4.78, 5) is 4.76. The normalized spacial score (nSPS) is 10.6. The molecule has 0 saturated carbocycles. The molecule has 2 aromatic carbocycles. The molecule has 3 rings (SSSR count). The standard InChI is InChI=1S/C18H16Se/c1-13-3-7-15(8-4-13)17-11-19-12-18(17)16-9-5-14(2)6-10-16/h3-12H,1-2H3. The van der Waals surface area contributed by atoms with Gasteiger partial charge in [0.1, 0.15) is 0 Å². The summed E-state index contributed by atoms with van der Waals surface area (Å²) in [6.45, 7) is 4.26. The second kappa shape index (κ2) is 5.20. The van der Waals surface area contributed by atoms with Crippen LogP contribution in [0.2, 0.25) is 0 Å². The van der Waals surface area contributed by atoms with Crippen LogP contribution in [0.4, 0.5) is 0 Å². The number of rotatable bonds is 2. The molecule has 0 bridgehead atoms. The second-order valence-electron chi connectivity index (χ2n) is 4.93. The van der Waals surface area contributed by atoms with Gasteiger partial charge < -0.3 is 0 Å². The van der Waals surface area contributed by atoms with E-state index in [0.717, 1.165) is 0 Å². The summed E-state index contributed by atoms with van der Waals surface area (Å²) in [6.07, 6.45) is 0. The van der Waals surface area contributed by atoms with Crippen LogP contribution < -0.4 is 0 Å². The molecule has 1 heteroatoms. The monoisotopic (exact) mass is 312 g/mol. The van der Waals surface area contributed by atoms with Gasteiger partial charge in [-0.1, -0.05) is 0 Å². The second-order valence-corrected chi connectivity index (χ2v) is 6.49. The van der Waals surface area contributed by atoms with Gasteiger partial charge in [0.05, 0.1) is 0 Å². The van der Waals surface area contributed by atoms with E-state index in [9.17, 15) is 0 Å². The molecular formula is C18H16Se. The van der Waals surface area contributed by atoms with Crippen LogP contribution in [0.3, 0.4) is 0 Å². The van der Waals surface area contributed by atoms with Crippen molar-refractivity contribution >= 4 is 14.5 Å². The maximum absolute atomic E-state index is 2.38. The molecular weight excluding hydrogens is 295 g/mol. The molecule has 1 aromatic heterocycles. The third-order valence-electron chi connectivity index (χ3n) is 3.39. The fourth-order valence-corrected chi connectivity index (χ4v) is 4.03. The third-order valence-corrected chi connectivity index (χ3v) is 4.95. The molecule has 0 aliphatic carbocycles. The van der Waals surface area contributed by atoms with E-state index < -0.39 is 0 Å². The Labute approximate surface area is 120 Å².